The number of thiazole rings is 1. The Morgan fingerprint density at radius 1 is 0.951 bits per heavy atom. The standard InChI is InChI=1S/C30H27Cl2N3O4S2/c1-18-7-14-24-26(15-18)40-29(33-24)19-8-11-21(12-9-19)34-28(36)17-25(30(34)37)35(22-5-3-2-4-6-22)41(38,39)27-16-20(31)10-13-23(27)32/h7-16,22,25H,2-6,17H2,1H3. The third-order valence-corrected chi connectivity index (χ3v) is 11.5. The number of hydrogen-bond acceptors (Lipinski definition) is 6. The highest BCUT2D eigenvalue weighted by Gasteiger charge is 2.49. The van der Waals surface area contributed by atoms with E-state index in [1.165, 1.54) is 22.5 Å². The molecule has 1 saturated carbocycles. The van der Waals surface area contributed by atoms with Crippen LogP contribution in [0.15, 0.2) is 65.6 Å². The molecule has 1 aromatic heterocycles. The molecule has 1 aliphatic carbocycles. The summed E-state index contributed by atoms with van der Waals surface area (Å²) in [6, 6.07) is 15.8. The highest BCUT2D eigenvalue weighted by atomic mass is 35.5. The number of rotatable bonds is 6. The number of imide groups is 1. The van der Waals surface area contributed by atoms with Crippen molar-refractivity contribution in [2.75, 3.05) is 4.90 Å². The summed E-state index contributed by atoms with van der Waals surface area (Å²) in [5.41, 5.74) is 3.33. The van der Waals surface area contributed by atoms with Crippen molar-refractivity contribution in [2.45, 2.75) is 62.4 Å². The second-order valence-electron chi connectivity index (χ2n) is 10.5. The zero-order chi connectivity index (χ0) is 28.9. The van der Waals surface area contributed by atoms with Crippen molar-refractivity contribution in [1.29, 1.82) is 0 Å². The highest BCUT2D eigenvalue weighted by Crippen LogP contribution is 2.38. The summed E-state index contributed by atoms with van der Waals surface area (Å²) in [5.74, 6) is -1.01. The lowest BCUT2D eigenvalue weighted by atomic mass is 9.94. The van der Waals surface area contributed by atoms with Crippen LogP contribution in [0.1, 0.15) is 44.1 Å². The van der Waals surface area contributed by atoms with Gasteiger partial charge in [0.25, 0.3) is 5.91 Å². The van der Waals surface area contributed by atoms with Gasteiger partial charge in [0, 0.05) is 16.6 Å². The number of anilines is 1. The first kappa shape index (κ1) is 28.3. The van der Waals surface area contributed by atoms with E-state index in [0.717, 1.165) is 50.5 Å². The van der Waals surface area contributed by atoms with E-state index in [-0.39, 0.29) is 21.4 Å². The fourth-order valence-electron chi connectivity index (χ4n) is 5.74. The number of carbonyl (C=O) groups excluding carboxylic acids is 2. The van der Waals surface area contributed by atoms with Gasteiger partial charge in [-0.25, -0.2) is 18.3 Å². The van der Waals surface area contributed by atoms with Crippen LogP contribution in [-0.2, 0) is 19.6 Å². The highest BCUT2D eigenvalue weighted by molar-refractivity contribution is 7.89. The number of sulfonamides is 1. The van der Waals surface area contributed by atoms with E-state index in [2.05, 4.69) is 6.07 Å². The molecule has 41 heavy (non-hydrogen) atoms. The largest absolute Gasteiger partial charge is 0.274 e. The van der Waals surface area contributed by atoms with Gasteiger partial charge in [-0.1, -0.05) is 48.5 Å². The maximum absolute atomic E-state index is 14.1. The van der Waals surface area contributed by atoms with Gasteiger partial charge in [-0.05, 0) is 79.9 Å². The van der Waals surface area contributed by atoms with E-state index in [1.807, 2.05) is 31.2 Å². The van der Waals surface area contributed by atoms with Crippen molar-refractivity contribution in [3.8, 4) is 10.6 Å². The van der Waals surface area contributed by atoms with Crippen molar-refractivity contribution in [2.24, 2.45) is 0 Å². The van der Waals surface area contributed by atoms with E-state index in [0.29, 0.717) is 18.5 Å². The number of hydrogen-bond donors (Lipinski definition) is 0. The number of aryl methyl sites for hydroxylation is 1. The number of carbonyl (C=O) groups is 2. The molecule has 4 aromatic rings. The number of fused-ring (bicyclic) bond motifs is 1. The van der Waals surface area contributed by atoms with Crippen molar-refractivity contribution < 1.29 is 18.0 Å². The SMILES string of the molecule is Cc1ccc2nc(-c3ccc(N4C(=O)CC(N(C5CCCCC5)S(=O)(=O)c5cc(Cl)ccc5Cl)C4=O)cc3)sc2c1. The summed E-state index contributed by atoms with van der Waals surface area (Å²) >= 11 is 14.0. The molecule has 212 valence electrons. The van der Waals surface area contributed by atoms with Crippen LogP contribution in [0.5, 0.6) is 0 Å². The fraction of sp³-hybridized carbons (Fsp3) is 0.300. The lowest BCUT2D eigenvalue weighted by Crippen LogP contribution is -2.51. The van der Waals surface area contributed by atoms with E-state index < -0.39 is 33.9 Å². The van der Waals surface area contributed by atoms with Gasteiger partial charge in [0.05, 0.1) is 27.3 Å². The first-order chi connectivity index (χ1) is 19.6. The molecule has 7 nitrogen and oxygen atoms in total. The summed E-state index contributed by atoms with van der Waals surface area (Å²) in [5, 5.41) is 1.07. The van der Waals surface area contributed by atoms with Gasteiger partial charge < -0.3 is 0 Å². The molecule has 2 aliphatic rings. The van der Waals surface area contributed by atoms with E-state index in [9.17, 15) is 18.0 Å². The van der Waals surface area contributed by atoms with Crippen LogP contribution in [0, 0.1) is 6.92 Å². The molecule has 0 bridgehead atoms. The average Bonchev–Trinajstić information content (AvgIpc) is 3.50. The molecule has 11 heteroatoms. The first-order valence-corrected chi connectivity index (χ1v) is 16.5. The molecular weight excluding hydrogens is 601 g/mol. The Morgan fingerprint density at radius 3 is 2.41 bits per heavy atom. The van der Waals surface area contributed by atoms with Crippen LogP contribution < -0.4 is 4.90 Å². The molecule has 2 fully saturated rings. The second kappa shape index (κ2) is 11.1. The minimum absolute atomic E-state index is 0.0180. The van der Waals surface area contributed by atoms with Crippen molar-refractivity contribution in [3.05, 3.63) is 76.3 Å². The average molecular weight is 629 g/mol. The van der Waals surface area contributed by atoms with Gasteiger partial charge in [0.15, 0.2) is 0 Å². The predicted octanol–water partition coefficient (Wildman–Crippen LogP) is 7.23. The summed E-state index contributed by atoms with van der Waals surface area (Å²) < 4.78 is 30.5. The molecule has 3 aromatic carbocycles. The van der Waals surface area contributed by atoms with Gasteiger partial charge in [-0.15, -0.1) is 11.3 Å². The van der Waals surface area contributed by atoms with Gasteiger partial charge in [0.2, 0.25) is 15.9 Å². The zero-order valence-electron chi connectivity index (χ0n) is 22.2. The van der Waals surface area contributed by atoms with E-state index >= 15 is 0 Å². The molecule has 1 unspecified atom stereocenters. The van der Waals surface area contributed by atoms with Gasteiger partial charge in [-0.2, -0.15) is 4.31 Å². The number of benzene rings is 3. The maximum Gasteiger partial charge on any atom is 0.252 e. The molecule has 1 atom stereocenters. The van der Waals surface area contributed by atoms with Crippen molar-refractivity contribution in [3.63, 3.8) is 0 Å². The Hall–Kier alpha value is -2.82. The topological polar surface area (TPSA) is 87.7 Å². The summed E-state index contributed by atoms with van der Waals surface area (Å²) in [6.07, 6.45) is 3.63. The van der Waals surface area contributed by atoms with Crippen LogP contribution in [-0.4, -0.2) is 41.6 Å². The van der Waals surface area contributed by atoms with Crippen molar-refractivity contribution >= 4 is 72.3 Å². The third-order valence-electron chi connectivity index (χ3n) is 7.73. The molecule has 2 amide bonds. The summed E-state index contributed by atoms with van der Waals surface area (Å²) in [4.78, 5) is 32.8. The molecule has 2 heterocycles. The molecule has 1 saturated heterocycles. The van der Waals surface area contributed by atoms with E-state index in [4.69, 9.17) is 28.2 Å². The first-order valence-electron chi connectivity index (χ1n) is 13.5. The summed E-state index contributed by atoms with van der Waals surface area (Å²) in [6.45, 7) is 2.04. The Labute approximate surface area is 252 Å². The lowest BCUT2D eigenvalue weighted by molar-refractivity contribution is -0.122. The monoisotopic (exact) mass is 627 g/mol. The normalized spacial score (nSPS) is 18.6. The number of aromatic nitrogens is 1. The molecular formula is C30H27Cl2N3O4S2. The second-order valence-corrected chi connectivity index (χ2v) is 14.2. The van der Waals surface area contributed by atoms with Crippen molar-refractivity contribution in [1.82, 2.24) is 9.29 Å². The third kappa shape index (κ3) is 5.30. The number of halogens is 2. The van der Waals surface area contributed by atoms with Crippen LogP contribution in [0.4, 0.5) is 5.69 Å². The van der Waals surface area contributed by atoms with E-state index in [1.54, 1.807) is 23.5 Å². The Morgan fingerprint density at radius 2 is 1.68 bits per heavy atom. The Balaban J connectivity index is 1.32. The van der Waals surface area contributed by atoms with Gasteiger partial charge >= 0.3 is 0 Å². The molecule has 1 aliphatic heterocycles. The molecule has 6 rings (SSSR count). The van der Waals surface area contributed by atoms with Crippen LogP contribution >= 0.6 is 34.5 Å². The van der Waals surface area contributed by atoms with Gasteiger partial charge in [0.1, 0.15) is 15.9 Å². The van der Waals surface area contributed by atoms with Crippen LogP contribution in [0.3, 0.4) is 0 Å². The molecule has 0 spiro atoms. The quantitative estimate of drug-likeness (QED) is 0.210. The number of nitrogens with zero attached hydrogens (tertiary/aromatic N) is 3. The molecule has 0 radical (unpaired) electrons. The Kier molecular flexibility index (Phi) is 7.67. The minimum atomic E-state index is -4.25. The molecule has 0 N–H and O–H groups in total. The minimum Gasteiger partial charge on any atom is -0.274 e. The predicted molar refractivity (Wildman–Crippen MR) is 163 cm³/mol. The van der Waals surface area contributed by atoms with Crippen LogP contribution in [0.2, 0.25) is 10.0 Å². The maximum atomic E-state index is 14.1. The van der Waals surface area contributed by atoms with Crippen LogP contribution in [0.25, 0.3) is 20.8 Å². The summed E-state index contributed by atoms with van der Waals surface area (Å²) in [7, 11) is -4.25. The number of amides is 2. The van der Waals surface area contributed by atoms with Gasteiger partial charge in [-0.3, -0.25) is 9.59 Å². The fourth-order valence-corrected chi connectivity index (χ4v) is 9.37. The lowest BCUT2D eigenvalue weighted by Gasteiger charge is -2.36. The Bertz CT molecular complexity index is 1770. The smallest absolute Gasteiger partial charge is 0.252 e. The zero-order valence-corrected chi connectivity index (χ0v) is 25.4.